The van der Waals surface area contributed by atoms with Crippen molar-refractivity contribution in [1.82, 2.24) is 5.43 Å². The van der Waals surface area contributed by atoms with E-state index in [1.807, 2.05) is 0 Å². The Morgan fingerprint density at radius 2 is 2.00 bits per heavy atom. The third-order valence-electron chi connectivity index (χ3n) is 4.62. The predicted octanol–water partition coefficient (Wildman–Crippen LogP) is 3.59. The van der Waals surface area contributed by atoms with Crippen molar-refractivity contribution >= 4 is 11.6 Å². The minimum absolute atomic E-state index is 0.131. The molecular weight excluding hydrogens is 291 g/mol. The summed E-state index contributed by atoms with van der Waals surface area (Å²) in [5, 5.41) is 0.537. The molecule has 1 aliphatic carbocycles. The maximum absolute atomic E-state index is 14.0. The van der Waals surface area contributed by atoms with Crippen molar-refractivity contribution in [3.63, 3.8) is 0 Å². The van der Waals surface area contributed by atoms with Crippen LogP contribution in [0.15, 0.2) is 18.2 Å². The number of ether oxygens (including phenoxy) is 1. The Bertz CT molecular complexity index is 462. The molecule has 0 aliphatic heterocycles. The summed E-state index contributed by atoms with van der Waals surface area (Å²) in [6, 6.07) is 4.50. The van der Waals surface area contributed by atoms with E-state index in [9.17, 15) is 4.39 Å². The number of methoxy groups -OCH3 is 1. The molecule has 0 heterocycles. The average molecular weight is 315 g/mol. The second-order valence-corrected chi connectivity index (χ2v) is 6.28. The van der Waals surface area contributed by atoms with Gasteiger partial charge in [0.05, 0.1) is 11.6 Å². The third kappa shape index (κ3) is 3.95. The first-order valence-corrected chi connectivity index (χ1v) is 7.94. The van der Waals surface area contributed by atoms with Crippen molar-refractivity contribution in [3.8, 4) is 0 Å². The molecule has 1 saturated carbocycles. The van der Waals surface area contributed by atoms with Gasteiger partial charge in [-0.2, -0.15) is 0 Å². The average Bonchev–Trinajstić information content (AvgIpc) is 2.74. The van der Waals surface area contributed by atoms with Crippen LogP contribution in [0.3, 0.4) is 0 Å². The van der Waals surface area contributed by atoms with Crippen LogP contribution in [0.25, 0.3) is 0 Å². The topological polar surface area (TPSA) is 47.3 Å². The van der Waals surface area contributed by atoms with Gasteiger partial charge in [-0.15, -0.1) is 0 Å². The molecule has 0 bridgehead atoms. The molecule has 1 aromatic rings. The van der Waals surface area contributed by atoms with E-state index < -0.39 is 0 Å². The molecule has 3 N–H and O–H groups in total. The van der Waals surface area contributed by atoms with E-state index in [4.69, 9.17) is 22.2 Å². The molecular formula is C16H24ClFN2O. The van der Waals surface area contributed by atoms with E-state index in [0.29, 0.717) is 17.0 Å². The molecule has 0 amide bonds. The number of hydrazine groups is 1. The highest BCUT2D eigenvalue weighted by Crippen LogP contribution is 2.34. The van der Waals surface area contributed by atoms with Crippen LogP contribution < -0.4 is 11.3 Å². The first-order valence-electron chi connectivity index (χ1n) is 7.56. The Hall–Kier alpha value is -0.680. The van der Waals surface area contributed by atoms with Crippen molar-refractivity contribution < 1.29 is 9.13 Å². The van der Waals surface area contributed by atoms with Crippen LogP contribution in [-0.4, -0.2) is 18.8 Å². The third-order valence-corrected chi connectivity index (χ3v) is 4.86. The van der Waals surface area contributed by atoms with Crippen LogP contribution in [0.2, 0.25) is 5.02 Å². The number of hydrogen-bond acceptors (Lipinski definition) is 3. The Kier molecular flexibility index (Phi) is 5.99. The number of nitrogens with two attached hydrogens (primary N) is 1. The number of nitrogens with one attached hydrogen (secondary N) is 1. The fourth-order valence-corrected chi connectivity index (χ4v) is 3.53. The first-order chi connectivity index (χ1) is 10.1. The molecule has 3 nitrogen and oxygen atoms in total. The minimum Gasteiger partial charge on any atom is -0.377 e. The van der Waals surface area contributed by atoms with Crippen LogP contribution in [0.5, 0.6) is 0 Å². The van der Waals surface area contributed by atoms with Crippen LogP contribution in [0, 0.1) is 5.82 Å². The maximum Gasteiger partial charge on any atom is 0.126 e. The molecule has 0 aromatic heterocycles. The van der Waals surface area contributed by atoms with Gasteiger partial charge in [-0.25, -0.2) is 4.39 Å². The molecule has 118 valence electrons. The van der Waals surface area contributed by atoms with E-state index in [0.717, 1.165) is 25.7 Å². The Morgan fingerprint density at radius 3 is 2.57 bits per heavy atom. The van der Waals surface area contributed by atoms with Crippen molar-refractivity contribution in [2.24, 2.45) is 5.84 Å². The number of halogens is 2. The lowest BCUT2D eigenvalue weighted by molar-refractivity contribution is -0.0528. The fourth-order valence-electron chi connectivity index (χ4n) is 3.34. The van der Waals surface area contributed by atoms with Crippen LogP contribution in [0.1, 0.15) is 44.1 Å². The number of benzene rings is 1. The zero-order valence-corrected chi connectivity index (χ0v) is 13.3. The van der Waals surface area contributed by atoms with Gasteiger partial charge in [0.1, 0.15) is 5.82 Å². The second kappa shape index (κ2) is 7.54. The fraction of sp³-hybridized carbons (Fsp3) is 0.625. The Morgan fingerprint density at radius 1 is 1.33 bits per heavy atom. The van der Waals surface area contributed by atoms with E-state index in [1.54, 1.807) is 19.2 Å². The van der Waals surface area contributed by atoms with Gasteiger partial charge in [-0.05, 0) is 43.0 Å². The molecule has 1 fully saturated rings. The molecule has 5 heteroatoms. The molecule has 2 rings (SSSR count). The largest absolute Gasteiger partial charge is 0.377 e. The molecule has 21 heavy (non-hydrogen) atoms. The second-order valence-electron chi connectivity index (χ2n) is 5.84. The van der Waals surface area contributed by atoms with E-state index >= 15 is 0 Å². The highest BCUT2D eigenvalue weighted by molar-refractivity contribution is 6.30. The van der Waals surface area contributed by atoms with E-state index in [2.05, 4.69) is 5.43 Å². The van der Waals surface area contributed by atoms with Crippen LogP contribution in [0.4, 0.5) is 4.39 Å². The van der Waals surface area contributed by atoms with Gasteiger partial charge in [0, 0.05) is 12.1 Å². The van der Waals surface area contributed by atoms with Gasteiger partial charge in [-0.1, -0.05) is 37.3 Å². The van der Waals surface area contributed by atoms with Gasteiger partial charge in [0.25, 0.3) is 0 Å². The zero-order chi connectivity index (χ0) is 15.3. The smallest absolute Gasteiger partial charge is 0.126 e. The highest BCUT2D eigenvalue weighted by Gasteiger charge is 2.39. The van der Waals surface area contributed by atoms with Gasteiger partial charge in [-0.3, -0.25) is 11.3 Å². The van der Waals surface area contributed by atoms with Gasteiger partial charge >= 0.3 is 0 Å². The lowest BCUT2D eigenvalue weighted by Gasteiger charge is -2.39. The summed E-state index contributed by atoms with van der Waals surface area (Å²) in [5.41, 5.74) is 3.09. The molecule has 1 atom stereocenters. The zero-order valence-electron chi connectivity index (χ0n) is 12.5. The highest BCUT2D eigenvalue weighted by atomic mass is 35.5. The lowest BCUT2D eigenvalue weighted by atomic mass is 9.83. The summed E-state index contributed by atoms with van der Waals surface area (Å²) < 4.78 is 19.8. The van der Waals surface area contributed by atoms with Crippen molar-refractivity contribution in [2.75, 3.05) is 7.11 Å². The quantitative estimate of drug-likeness (QED) is 0.496. The van der Waals surface area contributed by atoms with E-state index in [1.165, 1.54) is 18.9 Å². The maximum atomic E-state index is 14.0. The molecule has 1 aliphatic rings. The van der Waals surface area contributed by atoms with E-state index in [-0.39, 0.29) is 17.5 Å². The summed E-state index contributed by atoms with van der Waals surface area (Å²) in [6.45, 7) is 0. The summed E-state index contributed by atoms with van der Waals surface area (Å²) in [7, 11) is 1.73. The first kappa shape index (κ1) is 16.7. The Balaban J connectivity index is 2.22. The van der Waals surface area contributed by atoms with Gasteiger partial charge in [0.2, 0.25) is 0 Å². The van der Waals surface area contributed by atoms with Crippen LogP contribution in [-0.2, 0) is 11.2 Å². The summed E-state index contributed by atoms with van der Waals surface area (Å²) in [5.74, 6) is 5.52. The summed E-state index contributed by atoms with van der Waals surface area (Å²) in [4.78, 5) is 0. The minimum atomic E-state index is -0.333. The number of hydrogen-bond donors (Lipinski definition) is 2. The standard InChI is InChI=1S/C16H24ClFN2O/c1-21-16(8-4-2-3-5-9-16)15(20-19)11-12-10-13(17)6-7-14(12)18/h6-7,10,15,20H,2-5,8-9,11,19H2,1H3. The molecule has 0 saturated heterocycles. The predicted molar refractivity (Wildman–Crippen MR) is 83.7 cm³/mol. The number of rotatable bonds is 5. The summed E-state index contributed by atoms with van der Waals surface area (Å²) >= 11 is 5.97. The molecule has 1 aromatic carbocycles. The normalized spacial score (nSPS) is 20.0. The van der Waals surface area contributed by atoms with Crippen molar-refractivity contribution in [1.29, 1.82) is 0 Å². The monoisotopic (exact) mass is 314 g/mol. The van der Waals surface area contributed by atoms with Crippen molar-refractivity contribution in [3.05, 3.63) is 34.6 Å². The van der Waals surface area contributed by atoms with Gasteiger partial charge < -0.3 is 4.74 Å². The van der Waals surface area contributed by atoms with Crippen LogP contribution >= 0.6 is 11.6 Å². The Labute approximate surface area is 131 Å². The van der Waals surface area contributed by atoms with Crippen molar-refractivity contribution in [2.45, 2.75) is 56.6 Å². The molecule has 0 spiro atoms. The lowest BCUT2D eigenvalue weighted by Crippen LogP contribution is -2.55. The SMILES string of the molecule is COC1(C(Cc2cc(Cl)ccc2F)NN)CCCCCC1. The summed E-state index contributed by atoms with van der Waals surface area (Å²) in [6.07, 6.45) is 7.02. The van der Waals surface area contributed by atoms with Gasteiger partial charge in [0.15, 0.2) is 0 Å². The molecule has 0 radical (unpaired) electrons. The molecule has 1 unspecified atom stereocenters.